The predicted molar refractivity (Wildman–Crippen MR) is 97.8 cm³/mol. The number of nitrogens with zero attached hydrogens (tertiary/aromatic N) is 1. The largest absolute Gasteiger partial charge is 0.444 e. The minimum Gasteiger partial charge on any atom is -0.444 e. The van der Waals surface area contributed by atoms with Gasteiger partial charge in [0, 0.05) is 6.54 Å². The fraction of sp³-hybridized carbons (Fsp3) is 0.600. The Kier molecular flexibility index (Phi) is 4.63. The second-order valence-electron chi connectivity index (χ2n) is 8.41. The zero-order chi connectivity index (χ0) is 19.1. The summed E-state index contributed by atoms with van der Waals surface area (Å²) in [6, 6.07) is 7.71. The fourth-order valence-corrected chi connectivity index (χ4v) is 3.80. The molecule has 26 heavy (non-hydrogen) atoms. The number of rotatable bonds is 3. The monoisotopic (exact) mass is 360 g/mol. The molecule has 0 aliphatic carbocycles. The first-order valence-electron chi connectivity index (χ1n) is 9.18. The van der Waals surface area contributed by atoms with Gasteiger partial charge in [-0.2, -0.15) is 0 Å². The molecule has 6 nitrogen and oxygen atoms in total. The molecule has 142 valence electrons. The number of fused-ring (bicyclic) bond motifs is 1. The van der Waals surface area contributed by atoms with E-state index in [2.05, 4.69) is 12.2 Å². The van der Waals surface area contributed by atoms with Crippen LogP contribution in [0.5, 0.6) is 0 Å². The van der Waals surface area contributed by atoms with Gasteiger partial charge in [0.1, 0.15) is 5.60 Å². The Bertz CT molecular complexity index is 695. The molecule has 0 radical (unpaired) electrons. The number of carbonyl (C=O) groups is 2. The molecule has 0 saturated carbocycles. The first-order chi connectivity index (χ1) is 12.1. The molecule has 1 aromatic carbocycles. The summed E-state index contributed by atoms with van der Waals surface area (Å²) >= 11 is 0. The Labute approximate surface area is 154 Å². The predicted octanol–water partition coefficient (Wildman–Crippen LogP) is 4.32. The van der Waals surface area contributed by atoms with Crippen molar-refractivity contribution >= 4 is 12.2 Å². The summed E-state index contributed by atoms with van der Waals surface area (Å²) in [6.45, 7) is 10.3. The Morgan fingerprint density at radius 3 is 2.62 bits per heavy atom. The normalized spacial score (nSPS) is 26.3. The van der Waals surface area contributed by atoms with Crippen molar-refractivity contribution in [1.29, 1.82) is 0 Å². The molecule has 1 aromatic rings. The third-order valence-corrected chi connectivity index (χ3v) is 5.16. The van der Waals surface area contributed by atoms with Gasteiger partial charge >= 0.3 is 12.2 Å². The molecule has 2 heterocycles. The third kappa shape index (κ3) is 3.50. The maximum Gasteiger partial charge on any atom is 0.411 e. The van der Waals surface area contributed by atoms with E-state index in [-0.39, 0.29) is 23.8 Å². The zero-order valence-electron chi connectivity index (χ0n) is 16.2. The molecule has 2 saturated heterocycles. The Hall–Kier alpha value is -2.24. The maximum absolute atomic E-state index is 12.1. The molecular weight excluding hydrogens is 332 g/mol. The zero-order valence-corrected chi connectivity index (χ0v) is 16.2. The van der Waals surface area contributed by atoms with E-state index in [9.17, 15) is 9.59 Å². The first-order valence-corrected chi connectivity index (χ1v) is 9.18. The van der Waals surface area contributed by atoms with Crippen molar-refractivity contribution in [2.45, 2.75) is 70.7 Å². The minimum atomic E-state index is -0.525. The fourth-order valence-electron chi connectivity index (χ4n) is 3.80. The molecule has 3 atom stereocenters. The van der Waals surface area contributed by atoms with Crippen LogP contribution in [0.2, 0.25) is 0 Å². The quantitative estimate of drug-likeness (QED) is 0.872. The number of amides is 2. The van der Waals surface area contributed by atoms with Gasteiger partial charge in [-0.25, -0.2) is 9.59 Å². The molecule has 1 N–H and O–H groups in total. The number of cyclic esters (lactones) is 1. The van der Waals surface area contributed by atoms with Gasteiger partial charge < -0.3 is 14.8 Å². The topological polar surface area (TPSA) is 67.9 Å². The van der Waals surface area contributed by atoms with Gasteiger partial charge in [-0.15, -0.1) is 0 Å². The van der Waals surface area contributed by atoms with Crippen LogP contribution in [0.15, 0.2) is 24.3 Å². The van der Waals surface area contributed by atoms with Gasteiger partial charge in [0.15, 0.2) is 6.10 Å². The summed E-state index contributed by atoms with van der Waals surface area (Å²) in [6.07, 6.45) is 1.05. The minimum absolute atomic E-state index is 0.177. The van der Waals surface area contributed by atoms with Gasteiger partial charge in [0.2, 0.25) is 0 Å². The van der Waals surface area contributed by atoms with Gasteiger partial charge in [-0.3, -0.25) is 4.90 Å². The van der Waals surface area contributed by atoms with E-state index in [4.69, 9.17) is 9.47 Å². The van der Waals surface area contributed by atoms with Crippen molar-refractivity contribution in [1.82, 2.24) is 10.2 Å². The van der Waals surface area contributed by atoms with E-state index < -0.39 is 11.7 Å². The third-order valence-electron chi connectivity index (χ3n) is 5.16. The van der Waals surface area contributed by atoms with Gasteiger partial charge in [-0.05, 0) is 58.6 Å². The molecule has 6 heteroatoms. The van der Waals surface area contributed by atoms with Crippen LogP contribution < -0.4 is 5.32 Å². The van der Waals surface area contributed by atoms with Crippen LogP contribution in [0, 0.1) is 0 Å². The van der Waals surface area contributed by atoms with Gasteiger partial charge in [0.05, 0.1) is 11.6 Å². The SMILES string of the molecule is C[C@H](NC(=O)OC(C)(C)C)c1ccc([C@H]2OC(=O)N3CCC[C@]23C)cc1. The number of ether oxygens (including phenoxy) is 2. The van der Waals surface area contributed by atoms with E-state index in [1.54, 1.807) is 0 Å². The number of nitrogens with one attached hydrogen (secondary N) is 1. The van der Waals surface area contributed by atoms with Crippen LogP contribution in [-0.2, 0) is 9.47 Å². The van der Waals surface area contributed by atoms with Gasteiger partial charge in [-0.1, -0.05) is 24.3 Å². The van der Waals surface area contributed by atoms with E-state index in [0.29, 0.717) is 0 Å². The average molecular weight is 360 g/mol. The second-order valence-corrected chi connectivity index (χ2v) is 8.41. The van der Waals surface area contributed by atoms with Gasteiger partial charge in [0.25, 0.3) is 0 Å². The highest BCUT2D eigenvalue weighted by atomic mass is 16.6. The van der Waals surface area contributed by atoms with Crippen LogP contribution in [0.4, 0.5) is 9.59 Å². The van der Waals surface area contributed by atoms with Crippen molar-refractivity contribution in [3.8, 4) is 0 Å². The summed E-state index contributed by atoms with van der Waals surface area (Å²) < 4.78 is 10.9. The summed E-state index contributed by atoms with van der Waals surface area (Å²) in [4.78, 5) is 25.9. The molecule has 0 spiro atoms. The van der Waals surface area contributed by atoms with E-state index >= 15 is 0 Å². The maximum atomic E-state index is 12.1. The van der Waals surface area contributed by atoms with Crippen molar-refractivity contribution in [2.75, 3.05) is 6.54 Å². The lowest BCUT2D eigenvalue weighted by atomic mass is 9.87. The number of benzene rings is 1. The lowest BCUT2D eigenvalue weighted by Crippen LogP contribution is -2.40. The molecule has 2 fully saturated rings. The van der Waals surface area contributed by atoms with E-state index in [0.717, 1.165) is 30.5 Å². The highest BCUT2D eigenvalue weighted by molar-refractivity contribution is 5.73. The lowest BCUT2D eigenvalue weighted by molar-refractivity contribution is 0.0507. The Morgan fingerprint density at radius 2 is 2.00 bits per heavy atom. The number of alkyl carbamates (subject to hydrolysis) is 1. The van der Waals surface area contributed by atoms with Crippen LogP contribution in [0.25, 0.3) is 0 Å². The highest BCUT2D eigenvalue weighted by Gasteiger charge is 2.54. The van der Waals surface area contributed by atoms with Crippen molar-refractivity contribution in [3.05, 3.63) is 35.4 Å². The standard InChI is InChI=1S/C20H28N2O4/c1-13(21-17(23)26-19(2,3)4)14-7-9-15(10-8-14)16-20(5)11-6-12-22(20)18(24)25-16/h7-10,13,16H,6,11-12H2,1-5H3,(H,21,23)/t13-,16+,20+/m0/s1. The summed E-state index contributed by atoms with van der Waals surface area (Å²) in [5, 5.41) is 2.84. The number of hydrogen-bond acceptors (Lipinski definition) is 4. The van der Waals surface area contributed by atoms with E-state index in [1.807, 2.05) is 56.9 Å². The molecule has 0 unspecified atom stereocenters. The van der Waals surface area contributed by atoms with Crippen LogP contribution in [0.3, 0.4) is 0 Å². The molecule has 2 aliphatic heterocycles. The summed E-state index contributed by atoms with van der Waals surface area (Å²) in [5.41, 5.74) is 1.16. The molecule has 0 bridgehead atoms. The average Bonchev–Trinajstić information content (AvgIpc) is 3.03. The molecule has 2 amide bonds. The highest BCUT2D eigenvalue weighted by Crippen LogP contribution is 2.47. The first kappa shape index (κ1) is 18.5. The summed E-state index contributed by atoms with van der Waals surface area (Å²) in [5.74, 6) is 0. The van der Waals surface area contributed by atoms with Crippen molar-refractivity contribution in [2.24, 2.45) is 0 Å². The van der Waals surface area contributed by atoms with Crippen molar-refractivity contribution in [3.63, 3.8) is 0 Å². The van der Waals surface area contributed by atoms with Crippen LogP contribution in [-0.4, -0.2) is 34.8 Å². The van der Waals surface area contributed by atoms with E-state index in [1.165, 1.54) is 0 Å². The summed E-state index contributed by atoms with van der Waals surface area (Å²) in [7, 11) is 0. The van der Waals surface area contributed by atoms with Crippen LogP contribution >= 0.6 is 0 Å². The van der Waals surface area contributed by atoms with Crippen molar-refractivity contribution < 1.29 is 19.1 Å². The molecule has 0 aromatic heterocycles. The molecular formula is C20H28N2O4. The Morgan fingerprint density at radius 1 is 1.35 bits per heavy atom. The van der Waals surface area contributed by atoms with Crippen LogP contribution in [0.1, 0.15) is 70.7 Å². The molecule has 2 aliphatic rings. The number of hydrogen-bond donors (Lipinski definition) is 1. The second kappa shape index (κ2) is 6.49. The number of carbonyl (C=O) groups excluding carboxylic acids is 2. The smallest absolute Gasteiger partial charge is 0.411 e. The Balaban J connectivity index is 1.69. The molecule has 3 rings (SSSR count). The lowest BCUT2D eigenvalue weighted by Gasteiger charge is -2.29.